The maximum Gasteiger partial charge on any atom is 0.150 e. The van der Waals surface area contributed by atoms with Gasteiger partial charge in [0.25, 0.3) is 0 Å². The van der Waals surface area contributed by atoms with Crippen molar-refractivity contribution in [1.82, 2.24) is 0 Å². The second-order valence-electron chi connectivity index (χ2n) is 4.77. The van der Waals surface area contributed by atoms with E-state index in [4.69, 9.17) is 11.6 Å². The molecule has 2 heteroatoms. The largest absolute Gasteiger partial charge is 0.298 e. The van der Waals surface area contributed by atoms with E-state index in [1.165, 1.54) is 0 Å². The van der Waals surface area contributed by atoms with Crippen molar-refractivity contribution in [2.75, 3.05) is 0 Å². The molecule has 0 aromatic rings. The Kier molecular flexibility index (Phi) is 2.82. The van der Waals surface area contributed by atoms with Crippen molar-refractivity contribution in [1.29, 1.82) is 0 Å². The topological polar surface area (TPSA) is 17.1 Å². The third-order valence-electron chi connectivity index (χ3n) is 2.80. The van der Waals surface area contributed by atoms with E-state index in [0.29, 0.717) is 17.8 Å². The lowest BCUT2D eigenvalue weighted by Gasteiger charge is -2.35. The van der Waals surface area contributed by atoms with Crippen LogP contribution in [0, 0.1) is 11.3 Å². The van der Waals surface area contributed by atoms with Crippen LogP contribution in [0.5, 0.6) is 0 Å². The summed E-state index contributed by atoms with van der Waals surface area (Å²) in [5.74, 6) is 0.842. The molecule has 0 N–H and O–H groups in total. The molecule has 0 aromatic heterocycles. The molecule has 0 aliphatic heterocycles. The highest BCUT2D eigenvalue weighted by Gasteiger charge is 2.33. The van der Waals surface area contributed by atoms with Crippen LogP contribution >= 0.6 is 11.6 Å². The number of hydrogen-bond donors (Lipinski definition) is 0. The van der Waals surface area contributed by atoms with Gasteiger partial charge in [-0.05, 0) is 24.2 Å². The molecule has 12 heavy (non-hydrogen) atoms. The van der Waals surface area contributed by atoms with Gasteiger partial charge in [0.1, 0.15) is 0 Å². The second kappa shape index (κ2) is 3.37. The van der Waals surface area contributed by atoms with Gasteiger partial charge < -0.3 is 0 Å². The predicted octanol–water partition coefficient (Wildman–Crippen LogP) is 3.01. The summed E-state index contributed by atoms with van der Waals surface area (Å²) in [6, 6.07) is 0. The van der Waals surface area contributed by atoms with Gasteiger partial charge in [-0.25, -0.2) is 0 Å². The van der Waals surface area contributed by atoms with Gasteiger partial charge in [0.05, 0.1) is 5.38 Å². The summed E-state index contributed by atoms with van der Waals surface area (Å²) >= 11 is 5.92. The highest BCUT2D eigenvalue weighted by Crippen LogP contribution is 2.38. The van der Waals surface area contributed by atoms with Crippen LogP contribution in [0.25, 0.3) is 0 Å². The summed E-state index contributed by atoms with van der Waals surface area (Å²) in [6.45, 7) is 6.66. The van der Waals surface area contributed by atoms with E-state index in [9.17, 15) is 4.79 Å². The van der Waals surface area contributed by atoms with Crippen LogP contribution in [-0.2, 0) is 4.79 Å². The van der Waals surface area contributed by atoms with Gasteiger partial charge in [-0.15, -0.1) is 11.6 Å². The molecule has 1 rings (SSSR count). The van der Waals surface area contributed by atoms with Crippen LogP contribution < -0.4 is 0 Å². The molecule has 2 atom stereocenters. The summed E-state index contributed by atoms with van der Waals surface area (Å²) in [6.07, 6.45) is 2.56. The summed E-state index contributed by atoms with van der Waals surface area (Å²) in [7, 11) is 0. The molecule has 1 aliphatic carbocycles. The molecule has 0 spiro atoms. The molecular weight excluding hydrogens is 172 g/mol. The number of alkyl halides is 1. The van der Waals surface area contributed by atoms with Crippen molar-refractivity contribution in [2.24, 2.45) is 11.3 Å². The first-order valence-corrected chi connectivity index (χ1v) is 5.01. The monoisotopic (exact) mass is 188 g/mol. The van der Waals surface area contributed by atoms with Crippen molar-refractivity contribution in [2.45, 2.75) is 45.4 Å². The number of carbonyl (C=O) groups is 1. The zero-order valence-corrected chi connectivity index (χ0v) is 8.82. The summed E-state index contributed by atoms with van der Waals surface area (Å²) in [5.41, 5.74) is 0.299. The maximum atomic E-state index is 11.1. The average molecular weight is 189 g/mol. The molecule has 0 amide bonds. The highest BCUT2D eigenvalue weighted by molar-refractivity contribution is 6.31. The van der Waals surface area contributed by atoms with E-state index in [-0.39, 0.29) is 11.2 Å². The maximum absolute atomic E-state index is 11.1. The van der Waals surface area contributed by atoms with Crippen LogP contribution in [0.3, 0.4) is 0 Å². The Bertz CT molecular complexity index is 181. The molecule has 0 radical (unpaired) electrons. The highest BCUT2D eigenvalue weighted by atomic mass is 35.5. The zero-order chi connectivity index (χ0) is 9.35. The molecule has 1 saturated carbocycles. The van der Waals surface area contributed by atoms with Gasteiger partial charge in [0.2, 0.25) is 0 Å². The van der Waals surface area contributed by atoms with E-state index < -0.39 is 0 Å². The lowest BCUT2D eigenvalue weighted by molar-refractivity contribution is -0.121. The number of ketones is 1. The minimum atomic E-state index is -0.219. The van der Waals surface area contributed by atoms with E-state index >= 15 is 0 Å². The first-order chi connectivity index (χ1) is 5.41. The minimum absolute atomic E-state index is 0.219. The average Bonchev–Trinajstić information content (AvgIpc) is 1.92. The van der Waals surface area contributed by atoms with E-state index in [2.05, 4.69) is 20.8 Å². The fourth-order valence-corrected chi connectivity index (χ4v) is 2.08. The van der Waals surface area contributed by atoms with Crippen molar-refractivity contribution in [3.8, 4) is 0 Å². The fourth-order valence-electron chi connectivity index (χ4n) is 1.76. The Morgan fingerprint density at radius 2 is 2.00 bits per heavy atom. The Morgan fingerprint density at radius 1 is 1.42 bits per heavy atom. The summed E-state index contributed by atoms with van der Waals surface area (Å²) in [4.78, 5) is 11.1. The van der Waals surface area contributed by atoms with Crippen molar-refractivity contribution in [3.63, 3.8) is 0 Å². The first kappa shape index (κ1) is 10.0. The number of carbonyl (C=O) groups excluding carboxylic acids is 1. The molecule has 1 nitrogen and oxygen atoms in total. The SMILES string of the molecule is CC(C)(C)[C@H]1CCC(=O)[C@@H](Cl)C1. The van der Waals surface area contributed by atoms with Crippen molar-refractivity contribution in [3.05, 3.63) is 0 Å². The van der Waals surface area contributed by atoms with Gasteiger partial charge in [-0.2, -0.15) is 0 Å². The smallest absolute Gasteiger partial charge is 0.150 e. The third-order valence-corrected chi connectivity index (χ3v) is 3.23. The van der Waals surface area contributed by atoms with Crippen molar-refractivity contribution < 1.29 is 4.79 Å². The molecule has 1 fully saturated rings. The van der Waals surface area contributed by atoms with Gasteiger partial charge in [-0.1, -0.05) is 20.8 Å². The molecule has 1 aliphatic rings. The predicted molar refractivity (Wildman–Crippen MR) is 51.4 cm³/mol. The molecule has 0 aromatic carbocycles. The molecular formula is C10H17ClO. The van der Waals surface area contributed by atoms with Crippen LogP contribution in [-0.4, -0.2) is 11.2 Å². The number of Topliss-reactive ketones (excluding diaryl/α,β-unsaturated/α-hetero) is 1. The Hall–Kier alpha value is -0.0400. The molecule has 70 valence electrons. The fraction of sp³-hybridized carbons (Fsp3) is 0.900. The van der Waals surface area contributed by atoms with Gasteiger partial charge in [0.15, 0.2) is 5.78 Å². The lowest BCUT2D eigenvalue weighted by atomic mass is 9.72. The van der Waals surface area contributed by atoms with Crippen molar-refractivity contribution >= 4 is 17.4 Å². The van der Waals surface area contributed by atoms with Gasteiger partial charge in [0, 0.05) is 6.42 Å². The van der Waals surface area contributed by atoms with Crippen LogP contribution in [0.4, 0.5) is 0 Å². The van der Waals surface area contributed by atoms with Crippen LogP contribution in [0.2, 0.25) is 0 Å². The normalized spacial score (nSPS) is 32.2. The Morgan fingerprint density at radius 3 is 2.42 bits per heavy atom. The zero-order valence-electron chi connectivity index (χ0n) is 8.06. The summed E-state index contributed by atoms with van der Waals surface area (Å²) in [5, 5.41) is -0.219. The van der Waals surface area contributed by atoms with Crippen LogP contribution in [0.1, 0.15) is 40.0 Å². The minimum Gasteiger partial charge on any atom is -0.298 e. The number of hydrogen-bond acceptors (Lipinski definition) is 1. The molecule has 0 bridgehead atoms. The van der Waals surface area contributed by atoms with E-state index in [1.54, 1.807) is 0 Å². The molecule has 0 unspecified atom stereocenters. The van der Waals surface area contributed by atoms with E-state index in [0.717, 1.165) is 12.8 Å². The number of rotatable bonds is 0. The molecule has 0 saturated heterocycles. The second-order valence-corrected chi connectivity index (χ2v) is 5.30. The molecule has 0 heterocycles. The van der Waals surface area contributed by atoms with E-state index in [1.807, 2.05) is 0 Å². The third kappa shape index (κ3) is 2.22. The van der Waals surface area contributed by atoms with Gasteiger partial charge in [-0.3, -0.25) is 4.79 Å². The standard InChI is InChI=1S/C10H17ClO/c1-10(2,3)7-4-5-9(12)8(11)6-7/h7-8H,4-6H2,1-3H3/t7-,8-/m0/s1. The number of halogens is 1. The van der Waals surface area contributed by atoms with Crippen LogP contribution in [0.15, 0.2) is 0 Å². The first-order valence-electron chi connectivity index (χ1n) is 4.58. The Balaban J connectivity index is 2.57. The quantitative estimate of drug-likeness (QED) is 0.535. The lowest BCUT2D eigenvalue weighted by Crippen LogP contribution is -2.32. The summed E-state index contributed by atoms with van der Waals surface area (Å²) < 4.78 is 0. The Labute approximate surface area is 79.5 Å². The van der Waals surface area contributed by atoms with Gasteiger partial charge >= 0.3 is 0 Å².